The van der Waals surface area contributed by atoms with Gasteiger partial charge in [0, 0.05) is 0 Å². The molecule has 2 aromatic heterocycles. The van der Waals surface area contributed by atoms with Gasteiger partial charge in [0.1, 0.15) is 0 Å². The van der Waals surface area contributed by atoms with E-state index in [1.165, 1.54) is 0 Å². The van der Waals surface area contributed by atoms with Gasteiger partial charge in [0.2, 0.25) is 0 Å². The van der Waals surface area contributed by atoms with Crippen LogP contribution in [0.15, 0.2) is 33.7 Å². The second-order valence-electron chi connectivity index (χ2n) is 1.45. The average molecular weight is 232 g/mol. The van der Waals surface area contributed by atoms with E-state index in [1.54, 1.807) is 22.7 Å². The van der Waals surface area contributed by atoms with Gasteiger partial charge in [-0.05, 0) is 0 Å². The van der Waals surface area contributed by atoms with Gasteiger partial charge in [0.25, 0.3) is 0 Å². The minimum Gasteiger partial charge on any atom is -0.273 e. The molecule has 0 aliphatic rings. The summed E-state index contributed by atoms with van der Waals surface area (Å²) >= 11 is 3.31. The van der Waals surface area contributed by atoms with E-state index in [2.05, 4.69) is 12.1 Å². The first kappa shape index (κ1) is 11.0. The summed E-state index contributed by atoms with van der Waals surface area (Å²) in [5.74, 6) is 0. The molecule has 3 heteroatoms. The Kier molecular flexibility index (Phi) is 8.14. The van der Waals surface area contributed by atoms with Gasteiger partial charge in [-0.25, -0.2) is 24.3 Å². The number of hydrogen-bond donors (Lipinski definition) is 0. The van der Waals surface area contributed by atoms with Crippen molar-refractivity contribution in [2.75, 3.05) is 0 Å². The smallest absolute Gasteiger partial charge is 0.273 e. The van der Waals surface area contributed by atoms with E-state index in [1.807, 2.05) is 33.7 Å². The summed E-state index contributed by atoms with van der Waals surface area (Å²) in [5.41, 5.74) is 0. The molecule has 0 unspecified atom stereocenters. The van der Waals surface area contributed by atoms with Gasteiger partial charge in [-0.15, -0.1) is 10.8 Å². The van der Waals surface area contributed by atoms with E-state index in [-0.39, 0.29) is 19.5 Å². The molecule has 0 bridgehead atoms. The van der Waals surface area contributed by atoms with Crippen molar-refractivity contribution in [3.8, 4) is 0 Å². The molecule has 0 saturated carbocycles. The number of thiophene rings is 2. The third-order valence-corrected chi connectivity index (χ3v) is 1.89. The van der Waals surface area contributed by atoms with Gasteiger partial charge >= 0.3 is 19.5 Å². The van der Waals surface area contributed by atoms with Crippen LogP contribution in [0.4, 0.5) is 0 Å². The molecule has 0 saturated heterocycles. The Morgan fingerprint density at radius 2 is 1.27 bits per heavy atom. The van der Waals surface area contributed by atoms with E-state index in [4.69, 9.17) is 0 Å². The van der Waals surface area contributed by atoms with Gasteiger partial charge in [0.15, 0.2) is 0 Å². The van der Waals surface area contributed by atoms with Crippen molar-refractivity contribution in [3.05, 3.63) is 45.8 Å². The molecule has 2 aromatic rings. The Labute approximate surface area is 87.7 Å². The van der Waals surface area contributed by atoms with Crippen molar-refractivity contribution >= 4 is 22.7 Å². The fraction of sp³-hybridized carbons (Fsp3) is 0. The molecule has 0 atom stereocenters. The quantitative estimate of drug-likeness (QED) is 0.483. The molecule has 0 aromatic carbocycles. The summed E-state index contributed by atoms with van der Waals surface area (Å²) in [6.07, 6.45) is 0. The number of rotatable bonds is 0. The molecule has 0 amide bonds. The Morgan fingerprint density at radius 1 is 0.818 bits per heavy atom. The normalized spacial score (nSPS) is 7.27. The fourth-order valence-electron chi connectivity index (χ4n) is 0.393. The molecule has 0 aliphatic heterocycles. The molecule has 0 radical (unpaired) electrons. The van der Waals surface area contributed by atoms with Crippen LogP contribution >= 0.6 is 22.7 Å². The molecule has 0 spiro atoms. The van der Waals surface area contributed by atoms with E-state index < -0.39 is 0 Å². The molecule has 0 aliphatic carbocycles. The van der Waals surface area contributed by atoms with E-state index in [0.29, 0.717) is 0 Å². The van der Waals surface area contributed by atoms with Crippen LogP contribution in [0.3, 0.4) is 0 Å². The van der Waals surface area contributed by atoms with E-state index >= 15 is 0 Å². The van der Waals surface area contributed by atoms with Gasteiger partial charge in [-0.1, -0.05) is 0 Å². The minimum atomic E-state index is 0. The van der Waals surface area contributed by atoms with Crippen molar-refractivity contribution in [2.24, 2.45) is 0 Å². The maximum Gasteiger partial charge on any atom is 2.00 e. The summed E-state index contributed by atoms with van der Waals surface area (Å²) in [6.45, 7) is 0. The van der Waals surface area contributed by atoms with E-state index in [0.717, 1.165) is 0 Å². The van der Waals surface area contributed by atoms with Crippen molar-refractivity contribution in [2.45, 2.75) is 0 Å². The van der Waals surface area contributed by atoms with Crippen LogP contribution in [-0.4, -0.2) is 0 Å². The Morgan fingerprint density at radius 3 is 1.36 bits per heavy atom. The largest absolute Gasteiger partial charge is 2.00 e. The monoisotopic (exact) mass is 230 g/mol. The first-order chi connectivity index (χ1) is 5.00. The van der Waals surface area contributed by atoms with Crippen molar-refractivity contribution in [3.63, 3.8) is 0 Å². The van der Waals surface area contributed by atoms with Crippen LogP contribution < -0.4 is 0 Å². The topological polar surface area (TPSA) is 0 Å². The molecule has 52 valence electrons. The summed E-state index contributed by atoms with van der Waals surface area (Å²) in [6, 6.07) is 9.55. The van der Waals surface area contributed by atoms with Crippen molar-refractivity contribution < 1.29 is 19.5 Å². The molecule has 0 fully saturated rings. The molecule has 0 nitrogen and oxygen atoms in total. The SMILES string of the molecule is [Zn+2].[c-]1ccsc1.[c-]1ccsc1. The van der Waals surface area contributed by atoms with Crippen LogP contribution in [0.5, 0.6) is 0 Å². The number of hydrogen-bond acceptors (Lipinski definition) is 2. The summed E-state index contributed by atoms with van der Waals surface area (Å²) < 4.78 is 0. The standard InChI is InChI=1S/2C4H3S.Zn/c2*1-2-4-5-3-1;/h2*1,3-4H;/q2*-1;+2. The van der Waals surface area contributed by atoms with E-state index in [9.17, 15) is 0 Å². The van der Waals surface area contributed by atoms with Crippen molar-refractivity contribution in [1.29, 1.82) is 0 Å². The molecule has 2 rings (SSSR count). The first-order valence-electron chi connectivity index (χ1n) is 2.76. The molecule has 0 N–H and O–H groups in total. The predicted molar refractivity (Wildman–Crippen MR) is 46.3 cm³/mol. The molecular weight excluding hydrogens is 226 g/mol. The zero-order chi connectivity index (χ0) is 7.07. The zero-order valence-corrected chi connectivity index (χ0v) is 10.6. The Bertz CT molecular complexity index is 151. The Balaban J connectivity index is 0.000000167. The predicted octanol–water partition coefficient (Wildman–Crippen LogP) is 3.09. The maximum absolute atomic E-state index is 2.88. The molecule has 11 heavy (non-hydrogen) atoms. The van der Waals surface area contributed by atoms with Gasteiger partial charge in [-0.3, -0.25) is 22.7 Å². The first-order valence-corrected chi connectivity index (χ1v) is 4.65. The van der Waals surface area contributed by atoms with Crippen LogP contribution in [0.1, 0.15) is 0 Å². The summed E-state index contributed by atoms with van der Waals surface area (Å²) in [4.78, 5) is 0. The van der Waals surface area contributed by atoms with Crippen LogP contribution in [0.2, 0.25) is 0 Å². The third kappa shape index (κ3) is 6.42. The molecular formula is C8H6S2Zn. The Hall–Kier alpha value is 0.0234. The second kappa shape index (κ2) is 8.12. The van der Waals surface area contributed by atoms with Gasteiger partial charge in [-0.2, -0.15) is 10.8 Å². The van der Waals surface area contributed by atoms with Gasteiger partial charge in [0.05, 0.1) is 0 Å². The van der Waals surface area contributed by atoms with Crippen LogP contribution in [0.25, 0.3) is 0 Å². The molecule has 2 heterocycles. The average Bonchev–Trinajstić information content (AvgIpc) is 2.67. The third-order valence-electron chi connectivity index (χ3n) is 0.758. The summed E-state index contributed by atoms with van der Waals surface area (Å²) in [5, 5.41) is 7.81. The summed E-state index contributed by atoms with van der Waals surface area (Å²) in [7, 11) is 0. The van der Waals surface area contributed by atoms with Crippen LogP contribution in [0, 0.1) is 12.1 Å². The second-order valence-corrected chi connectivity index (χ2v) is 3.01. The van der Waals surface area contributed by atoms with Crippen molar-refractivity contribution in [1.82, 2.24) is 0 Å². The maximum atomic E-state index is 2.88. The van der Waals surface area contributed by atoms with Gasteiger partial charge < -0.3 is 0 Å². The minimum absolute atomic E-state index is 0. The zero-order valence-electron chi connectivity index (χ0n) is 5.99. The van der Waals surface area contributed by atoms with Crippen LogP contribution in [-0.2, 0) is 19.5 Å². The fourth-order valence-corrected chi connectivity index (χ4v) is 1.18.